The Morgan fingerprint density at radius 2 is 1.90 bits per heavy atom. The van der Waals surface area contributed by atoms with Crippen molar-refractivity contribution in [3.63, 3.8) is 0 Å². The molecule has 0 aliphatic carbocycles. The van der Waals surface area contributed by atoms with Crippen molar-refractivity contribution >= 4 is 22.2 Å². The molecule has 3 nitrogen and oxygen atoms in total. The Balaban J connectivity index is 2.12. The Bertz CT molecular complexity index is 579. The van der Waals surface area contributed by atoms with E-state index in [1.165, 1.54) is 5.56 Å². The third kappa shape index (κ3) is 3.92. The van der Waals surface area contributed by atoms with Crippen molar-refractivity contribution in [3.8, 4) is 11.5 Å². The second-order valence-corrected chi connectivity index (χ2v) is 5.20. The van der Waals surface area contributed by atoms with Crippen LogP contribution in [0.5, 0.6) is 11.5 Å². The number of hydrogen-bond donors (Lipinski definition) is 0. The molecule has 0 bridgehead atoms. The fraction of sp³-hybridized carbons (Fsp3) is 0.188. The minimum Gasteiger partial charge on any atom is -0.457 e. The van der Waals surface area contributed by atoms with Gasteiger partial charge in [0.15, 0.2) is 6.29 Å². The van der Waals surface area contributed by atoms with Gasteiger partial charge in [0.2, 0.25) is 0 Å². The normalized spacial score (nSPS) is 10.3. The van der Waals surface area contributed by atoms with Crippen LogP contribution in [0.15, 0.2) is 46.9 Å². The van der Waals surface area contributed by atoms with Crippen LogP contribution >= 0.6 is 15.9 Å². The number of carbonyl (C=O) groups is 1. The lowest BCUT2D eigenvalue weighted by atomic mass is 10.1. The molecule has 0 radical (unpaired) electrons. The number of aldehydes is 1. The fourth-order valence-electron chi connectivity index (χ4n) is 1.78. The second kappa shape index (κ2) is 7.22. The van der Waals surface area contributed by atoms with E-state index < -0.39 is 0 Å². The van der Waals surface area contributed by atoms with Crippen LogP contribution in [0.25, 0.3) is 0 Å². The van der Waals surface area contributed by atoms with Crippen LogP contribution in [0.3, 0.4) is 0 Å². The first-order valence-corrected chi connectivity index (χ1v) is 7.02. The Labute approximate surface area is 126 Å². The highest BCUT2D eigenvalue weighted by molar-refractivity contribution is 9.10. The number of methoxy groups -OCH3 is 1. The lowest BCUT2D eigenvalue weighted by Gasteiger charge is -2.09. The Kier molecular flexibility index (Phi) is 5.32. The van der Waals surface area contributed by atoms with Gasteiger partial charge in [0.1, 0.15) is 11.5 Å². The van der Waals surface area contributed by atoms with Gasteiger partial charge in [0, 0.05) is 11.6 Å². The lowest BCUT2D eigenvalue weighted by Crippen LogP contribution is -1.94. The van der Waals surface area contributed by atoms with Gasteiger partial charge in [-0.2, -0.15) is 0 Å². The summed E-state index contributed by atoms with van der Waals surface area (Å²) in [6, 6.07) is 13.1. The van der Waals surface area contributed by atoms with E-state index in [1.807, 2.05) is 30.3 Å². The maximum atomic E-state index is 11.0. The van der Waals surface area contributed by atoms with Gasteiger partial charge in [-0.3, -0.25) is 4.79 Å². The zero-order valence-corrected chi connectivity index (χ0v) is 12.7. The summed E-state index contributed by atoms with van der Waals surface area (Å²) in [4.78, 5) is 11.0. The fourth-order valence-corrected chi connectivity index (χ4v) is 2.15. The van der Waals surface area contributed by atoms with Gasteiger partial charge >= 0.3 is 0 Å². The van der Waals surface area contributed by atoms with E-state index in [0.29, 0.717) is 23.7 Å². The van der Waals surface area contributed by atoms with Crippen LogP contribution in [-0.2, 0) is 11.2 Å². The molecular weight excluding hydrogens is 320 g/mol. The standard InChI is InChI=1S/C16H15BrO3/c1-19-9-8-12-2-5-15(6-3-12)20-16-7-4-14(17)10-13(16)11-18/h2-7,10-11H,8-9H2,1H3. The number of ether oxygens (including phenoxy) is 2. The zero-order chi connectivity index (χ0) is 14.4. The summed E-state index contributed by atoms with van der Waals surface area (Å²) in [7, 11) is 1.69. The van der Waals surface area contributed by atoms with Crippen LogP contribution in [0.2, 0.25) is 0 Å². The average Bonchev–Trinajstić information content (AvgIpc) is 2.48. The highest BCUT2D eigenvalue weighted by atomic mass is 79.9. The van der Waals surface area contributed by atoms with E-state index in [0.717, 1.165) is 17.2 Å². The SMILES string of the molecule is COCCc1ccc(Oc2ccc(Br)cc2C=O)cc1. The molecule has 0 N–H and O–H groups in total. The first-order chi connectivity index (χ1) is 9.72. The highest BCUT2D eigenvalue weighted by Crippen LogP contribution is 2.27. The van der Waals surface area contributed by atoms with Crippen LogP contribution in [0.1, 0.15) is 15.9 Å². The molecule has 104 valence electrons. The molecule has 4 heteroatoms. The third-order valence-electron chi connectivity index (χ3n) is 2.84. The molecule has 0 aromatic heterocycles. The third-order valence-corrected chi connectivity index (χ3v) is 3.34. The van der Waals surface area contributed by atoms with Crippen molar-refractivity contribution in [3.05, 3.63) is 58.1 Å². The molecule has 0 saturated carbocycles. The quantitative estimate of drug-likeness (QED) is 0.741. The average molecular weight is 335 g/mol. The maximum absolute atomic E-state index is 11.0. The van der Waals surface area contributed by atoms with Crippen LogP contribution < -0.4 is 4.74 Å². The van der Waals surface area contributed by atoms with Crippen molar-refractivity contribution in [2.75, 3.05) is 13.7 Å². The van der Waals surface area contributed by atoms with Crippen molar-refractivity contribution in [1.29, 1.82) is 0 Å². The van der Waals surface area contributed by atoms with Crippen molar-refractivity contribution in [2.45, 2.75) is 6.42 Å². The molecule has 0 heterocycles. The van der Waals surface area contributed by atoms with Gasteiger partial charge in [0.25, 0.3) is 0 Å². The van der Waals surface area contributed by atoms with Crippen molar-refractivity contribution in [2.24, 2.45) is 0 Å². The zero-order valence-electron chi connectivity index (χ0n) is 11.1. The highest BCUT2D eigenvalue weighted by Gasteiger charge is 2.05. The summed E-state index contributed by atoms with van der Waals surface area (Å²) in [5.74, 6) is 1.25. The summed E-state index contributed by atoms with van der Waals surface area (Å²) in [5, 5.41) is 0. The van der Waals surface area contributed by atoms with Gasteiger partial charge in [-0.25, -0.2) is 0 Å². The van der Waals surface area contributed by atoms with E-state index in [9.17, 15) is 4.79 Å². The molecule has 0 atom stereocenters. The first kappa shape index (κ1) is 14.8. The molecule has 0 spiro atoms. The van der Waals surface area contributed by atoms with Crippen LogP contribution in [-0.4, -0.2) is 20.0 Å². The Morgan fingerprint density at radius 1 is 1.15 bits per heavy atom. The van der Waals surface area contributed by atoms with E-state index in [4.69, 9.17) is 9.47 Å². The summed E-state index contributed by atoms with van der Waals surface area (Å²) in [6.45, 7) is 0.697. The number of carbonyl (C=O) groups excluding carboxylic acids is 1. The number of benzene rings is 2. The molecular formula is C16H15BrO3. The van der Waals surface area contributed by atoms with E-state index in [1.54, 1.807) is 19.2 Å². The Morgan fingerprint density at radius 3 is 2.55 bits per heavy atom. The molecule has 2 aromatic carbocycles. The van der Waals surface area contributed by atoms with Gasteiger partial charge in [-0.15, -0.1) is 0 Å². The number of hydrogen-bond acceptors (Lipinski definition) is 3. The smallest absolute Gasteiger partial charge is 0.153 e. The van der Waals surface area contributed by atoms with Crippen molar-refractivity contribution in [1.82, 2.24) is 0 Å². The molecule has 20 heavy (non-hydrogen) atoms. The molecule has 0 aliphatic rings. The maximum Gasteiger partial charge on any atom is 0.153 e. The minimum absolute atomic E-state index is 0.517. The summed E-state index contributed by atoms with van der Waals surface area (Å²) in [5.41, 5.74) is 1.70. The van der Waals surface area contributed by atoms with E-state index in [-0.39, 0.29) is 0 Å². The van der Waals surface area contributed by atoms with E-state index in [2.05, 4.69) is 15.9 Å². The van der Waals surface area contributed by atoms with E-state index >= 15 is 0 Å². The predicted octanol–water partition coefficient (Wildman–Crippen LogP) is 4.24. The van der Waals surface area contributed by atoms with Crippen LogP contribution in [0.4, 0.5) is 0 Å². The Hall–Kier alpha value is -1.65. The van der Waals surface area contributed by atoms with Gasteiger partial charge < -0.3 is 9.47 Å². The molecule has 2 aromatic rings. The molecule has 0 saturated heterocycles. The monoisotopic (exact) mass is 334 g/mol. The summed E-state index contributed by atoms with van der Waals surface area (Å²) < 4.78 is 11.6. The molecule has 0 aliphatic heterocycles. The lowest BCUT2D eigenvalue weighted by molar-refractivity contribution is 0.112. The second-order valence-electron chi connectivity index (χ2n) is 4.29. The molecule has 0 amide bonds. The van der Waals surface area contributed by atoms with Crippen LogP contribution in [0, 0.1) is 0 Å². The first-order valence-electron chi connectivity index (χ1n) is 6.23. The summed E-state index contributed by atoms with van der Waals surface area (Å²) >= 11 is 3.33. The minimum atomic E-state index is 0.517. The topological polar surface area (TPSA) is 35.5 Å². The number of rotatable bonds is 6. The number of halogens is 1. The molecule has 0 unspecified atom stereocenters. The van der Waals surface area contributed by atoms with Gasteiger partial charge in [0.05, 0.1) is 12.2 Å². The predicted molar refractivity (Wildman–Crippen MR) is 81.6 cm³/mol. The van der Waals surface area contributed by atoms with Gasteiger partial charge in [-0.05, 0) is 42.3 Å². The molecule has 0 fully saturated rings. The summed E-state index contributed by atoms with van der Waals surface area (Å²) in [6.07, 6.45) is 1.65. The van der Waals surface area contributed by atoms with Crippen molar-refractivity contribution < 1.29 is 14.3 Å². The largest absolute Gasteiger partial charge is 0.457 e. The van der Waals surface area contributed by atoms with Gasteiger partial charge in [-0.1, -0.05) is 28.1 Å². The molecule has 2 rings (SSSR count).